The maximum Gasteiger partial charge on any atom is 0.416 e. The summed E-state index contributed by atoms with van der Waals surface area (Å²) in [6, 6.07) is 7.02. The van der Waals surface area contributed by atoms with Crippen LogP contribution in [0.4, 0.5) is 28.0 Å². The quantitative estimate of drug-likeness (QED) is 0.332. The van der Waals surface area contributed by atoms with Crippen LogP contribution >= 0.6 is 11.6 Å². The molecule has 2 aromatic heterocycles. The van der Waals surface area contributed by atoms with E-state index in [0.717, 1.165) is 17.0 Å². The Morgan fingerprint density at radius 2 is 1.89 bits per heavy atom. The van der Waals surface area contributed by atoms with Gasteiger partial charge in [-0.3, -0.25) is 4.90 Å². The molecule has 0 spiro atoms. The number of anilines is 1. The summed E-state index contributed by atoms with van der Waals surface area (Å²) >= 11 is 5.95. The van der Waals surface area contributed by atoms with Crippen molar-refractivity contribution in [2.45, 2.75) is 31.8 Å². The third kappa shape index (κ3) is 4.61. The van der Waals surface area contributed by atoms with E-state index in [1.54, 1.807) is 6.92 Å². The Morgan fingerprint density at radius 1 is 1.14 bits per heavy atom. The fourth-order valence-corrected chi connectivity index (χ4v) is 4.04. The standard InChI is InChI=1S/C22H15ClF4N6O3/c1-11-28-20(36-30-11)17-9-32(31-29-17)10-18-19(12-6-13(22(25,26)27)8-15(24)7-12)33(21(34)35-18)16-4-2-14(23)3-5-16/h2-9,18-19H,10H2,1H3/t18-,19-/m0/s1. The summed E-state index contributed by atoms with van der Waals surface area (Å²) in [4.78, 5) is 18.1. The number of alkyl halides is 3. The van der Waals surface area contributed by atoms with Crippen LogP contribution in [0.3, 0.4) is 0 Å². The number of halogens is 5. The summed E-state index contributed by atoms with van der Waals surface area (Å²) < 4.78 is 66.6. The van der Waals surface area contributed by atoms with Crippen molar-refractivity contribution in [3.05, 3.63) is 76.5 Å². The zero-order chi connectivity index (χ0) is 25.6. The van der Waals surface area contributed by atoms with Crippen molar-refractivity contribution < 1.29 is 31.6 Å². The molecule has 14 heteroatoms. The number of amides is 1. The molecule has 1 aliphatic heterocycles. The van der Waals surface area contributed by atoms with Crippen molar-refractivity contribution in [3.63, 3.8) is 0 Å². The molecule has 1 aliphatic rings. The van der Waals surface area contributed by atoms with Crippen LogP contribution in [0.2, 0.25) is 5.02 Å². The highest BCUT2D eigenvalue weighted by molar-refractivity contribution is 6.30. The molecule has 0 unspecified atom stereocenters. The van der Waals surface area contributed by atoms with Gasteiger partial charge in [0, 0.05) is 10.7 Å². The number of rotatable bonds is 5. The summed E-state index contributed by atoms with van der Waals surface area (Å²) in [6.45, 7) is 1.51. The van der Waals surface area contributed by atoms with Crippen LogP contribution < -0.4 is 4.90 Å². The van der Waals surface area contributed by atoms with E-state index in [-0.39, 0.29) is 23.7 Å². The predicted molar refractivity (Wildman–Crippen MR) is 116 cm³/mol. The lowest BCUT2D eigenvalue weighted by molar-refractivity contribution is -0.137. The first-order valence-electron chi connectivity index (χ1n) is 10.4. The first-order valence-corrected chi connectivity index (χ1v) is 10.8. The molecule has 0 N–H and O–H groups in total. The molecule has 2 atom stereocenters. The maximum atomic E-state index is 14.3. The highest BCUT2D eigenvalue weighted by Gasteiger charge is 2.45. The monoisotopic (exact) mass is 522 g/mol. The first-order chi connectivity index (χ1) is 17.1. The fraction of sp³-hybridized carbons (Fsp3) is 0.227. The summed E-state index contributed by atoms with van der Waals surface area (Å²) in [7, 11) is 0. The SMILES string of the molecule is Cc1noc(-c2cn(C[C@@H]3OC(=O)N(c4ccc(Cl)cc4)[C@H]3c3cc(F)cc(C(F)(F)F)c3)nn2)n1. The summed E-state index contributed by atoms with van der Waals surface area (Å²) in [5.41, 5.74) is -0.756. The molecule has 1 amide bonds. The third-order valence-electron chi connectivity index (χ3n) is 5.43. The van der Waals surface area contributed by atoms with Crippen LogP contribution in [0.1, 0.15) is 23.0 Å². The smallest absolute Gasteiger partial charge is 0.416 e. The van der Waals surface area contributed by atoms with Crippen molar-refractivity contribution in [2.24, 2.45) is 0 Å². The molecule has 1 fully saturated rings. The van der Waals surface area contributed by atoms with E-state index in [1.165, 1.54) is 35.1 Å². The molecule has 0 bridgehead atoms. The van der Waals surface area contributed by atoms with Crippen LogP contribution in [0.25, 0.3) is 11.6 Å². The zero-order valence-corrected chi connectivity index (χ0v) is 19.0. The Morgan fingerprint density at radius 3 is 2.56 bits per heavy atom. The van der Waals surface area contributed by atoms with Gasteiger partial charge in [-0.05, 0) is 55.0 Å². The first kappa shape index (κ1) is 23.7. The molecule has 1 saturated heterocycles. The number of cyclic esters (lactones) is 1. The van der Waals surface area contributed by atoms with Crippen LogP contribution in [-0.4, -0.2) is 37.3 Å². The molecule has 0 aliphatic carbocycles. The zero-order valence-electron chi connectivity index (χ0n) is 18.3. The van der Waals surface area contributed by atoms with E-state index in [9.17, 15) is 22.4 Å². The number of aromatic nitrogens is 5. The number of carbonyl (C=O) groups is 1. The number of carbonyl (C=O) groups excluding carboxylic acids is 1. The van der Waals surface area contributed by atoms with Crippen molar-refractivity contribution >= 4 is 23.4 Å². The largest absolute Gasteiger partial charge is 0.441 e. The topological polar surface area (TPSA) is 99.2 Å². The van der Waals surface area contributed by atoms with Gasteiger partial charge in [0.25, 0.3) is 5.89 Å². The van der Waals surface area contributed by atoms with Crippen molar-refractivity contribution in [1.82, 2.24) is 25.1 Å². The third-order valence-corrected chi connectivity index (χ3v) is 5.68. The lowest BCUT2D eigenvalue weighted by Crippen LogP contribution is -2.31. The van der Waals surface area contributed by atoms with Crippen LogP contribution in [0.5, 0.6) is 0 Å². The lowest BCUT2D eigenvalue weighted by atomic mass is 9.97. The van der Waals surface area contributed by atoms with Crippen molar-refractivity contribution in [1.29, 1.82) is 0 Å². The Labute approximate surface area is 205 Å². The molecule has 0 radical (unpaired) electrons. The minimum absolute atomic E-state index is 0.110. The number of hydrogen-bond acceptors (Lipinski definition) is 7. The van der Waals surface area contributed by atoms with Gasteiger partial charge in [0.2, 0.25) is 0 Å². The number of hydrogen-bond donors (Lipinski definition) is 0. The molecule has 186 valence electrons. The Balaban J connectivity index is 1.54. The summed E-state index contributed by atoms with van der Waals surface area (Å²) in [5.74, 6) is -0.611. The van der Waals surface area contributed by atoms with Gasteiger partial charge >= 0.3 is 12.3 Å². The van der Waals surface area contributed by atoms with E-state index >= 15 is 0 Å². The number of nitrogens with zero attached hydrogens (tertiary/aromatic N) is 6. The minimum Gasteiger partial charge on any atom is -0.441 e. The molecular formula is C22H15ClF4N6O3. The van der Waals surface area contributed by atoms with E-state index in [0.29, 0.717) is 22.6 Å². The lowest BCUT2D eigenvalue weighted by Gasteiger charge is -2.26. The van der Waals surface area contributed by atoms with Gasteiger partial charge < -0.3 is 9.26 Å². The summed E-state index contributed by atoms with van der Waals surface area (Å²) in [6.07, 6.45) is -5.24. The van der Waals surface area contributed by atoms with Crippen molar-refractivity contribution in [3.8, 4) is 11.6 Å². The van der Waals surface area contributed by atoms with Crippen LogP contribution in [-0.2, 0) is 17.5 Å². The Kier molecular flexibility index (Phi) is 5.86. The Hall–Kier alpha value is -4.00. The van der Waals surface area contributed by atoms with Gasteiger partial charge in [0.15, 0.2) is 11.5 Å². The number of benzene rings is 2. The van der Waals surface area contributed by atoms with Gasteiger partial charge in [-0.15, -0.1) is 5.10 Å². The van der Waals surface area contributed by atoms with E-state index in [4.69, 9.17) is 20.9 Å². The molecular weight excluding hydrogens is 508 g/mol. The molecule has 2 aromatic carbocycles. The highest BCUT2D eigenvalue weighted by Crippen LogP contribution is 2.41. The van der Waals surface area contributed by atoms with Crippen molar-refractivity contribution in [2.75, 3.05) is 4.90 Å². The van der Waals surface area contributed by atoms with Crippen LogP contribution in [0.15, 0.2) is 53.2 Å². The second kappa shape index (κ2) is 8.90. The maximum absolute atomic E-state index is 14.3. The van der Waals surface area contributed by atoms with E-state index in [2.05, 4.69) is 20.5 Å². The highest BCUT2D eigenvalue weighted by atomic mass is 35.5. The second-order valence-electron chi connectivity index (χ2n) is 7.96. The average molecular weight is 523 g/mol. The molecule has 0 saturated carbocycles. The average Bonchev–Trinajstić information content (AvgIpc) is 3.52. The number of ether oxygens (including phenoxy) is 1. The molecule has 9 nitrogen and oxygen atoms in total. The molecule has 4 aromatic rings. The molecule has 5 rings (SSSR count). The van der Waals surface area contributed by atoms with Gasteiger partial charge in [0.1, 0.15) is 18.0 Å². The predicted octanol–water partition coefficient (Wildman–Crippen LogP) is 5.21. The van der Waals surface area contributed by atoms with E-state index < -0.39 is 35.8 Å². The Bertz CT molecular complexity index is 1420. The van der Waals surface area contributed by atoms with Gasteiger partial charge in [-0.1, -0.05) is 22.0 Å². The minimum atomic E-state index is -4.80. The van der Waals surface area contributed by atoms with Gasteiger partial charge in [-0.2, -0.15) is 18.2 Å². The van der Waals surface area contributed by atoms with Crippen LogP contribution in [0, 0.1) is 12.7 Å². The number of aryl methyl sites for hydroxylation is 1. The normalized spacial score (nSPS) is 18.1. The van der Waals surface area contributed by atoms with Gasteiger partial charge in [0.05, 0.1) is 18.3 Å². The van der Waals surface area contributed by atoms with Gasteiger partial charge in [-0.25, -0.2) is 13.9 Å². The fourth-order valence-electron chi connectivity index (χ4n) is 3.92. The summed E-state index contributed by atoms with van der Waals surface area (Å²) in [5, 5.41) is 12.0. The molecule has 36 heavy (non-hydrogen) atoms. The van der Waals surface area contributed by atoms with E-state index in [1.807, 2.05) is 0 Å². The second-order valence-corrected chi connectivity index (χ2v) is 8.39. The molecule has 3 heterocycles.